The predicted molar refractivity (Wildman–Crippen MR) is 67.9 cm³/mol. The molecule has 1 aromatic heterocycles. The predicted octanol–water partition coefficient (Wildman–Crippen LogP) is 1.24. The summed E-state index contributed by atoms with van der Waals surface area (Å²) in [4.78, 5) is 12.1. The first kappa shape index (κ1) is 12.5. The number of nitrogens with two attached hydrogens (primary N) is 1. The van der Waals surface area contributed by atoms with Crippen molar-refractivity contribution >= 4 is 17.2 Å². The fourth-order valence-electron chi connectivity index (χ4n) is 2.13. The van der Waals surface area contributed by atoms with Crippen LogP contribution in [0.25, 0.3) is 0 Å². The van der Waals surface area contributed by atoms with Crippen molar-refractivity contribution in [3.63, 3.8) is 0 Å². The smallest absolute Gasteiger partial charge is 0.249 e. The first-order valence-corrected chi connectivity index (χ1v) is 6.82. The van der Waals surface area contributed by atoms with Crippen LogP contribution in [-0.2, 0) is 6.54 Å². The van der Waals surface area contributed by atoms with Gasteiger partial charge in [0, 0.05) is 22.8 Å². The average molecular weight is 254 g/mol. The van der Waals surface area contributed by atoms with Crippen molar-refractivity contribution in [2.45, 2.75) is 44.4 Å². The van der Waals surface area contributed by atoms with Crippen LogP contribution in [0.2, 0.25) is 0 Å². The fourth-order valence-corrected chi connectivity index (χ4v) is 2.95. The lowest BCUT2D eigenvalue weighted by Gasteiger charge is -2.26. The number of nitrogens with one attached hydrogen (secondary N) is 1. The summed E-state index contributed by atoms with van der Waals surface area (Å²) in [5.41, 5.74) is 5.79. The van der Waals surface area contributed by atoms with E-state index in [1.54, 1.807) is 16.7 Å². The molecule has 1 amide bonds. The van der Waals surface area contributed by atoms with Crippen LogP contribution in [-0.4, -0.2) is 23.2 Å². The highest BCUT2D eigenvalue weighted by atomic mass is 32.1. The van der Waals surface area contributed by atoms with E-state index in [0.717, 1.165) is 37.1 Å². The first-order valence-electron chi connectivity index (χ1n) is 5.94. The molecule has 0 atom stereocenters. The van der Waals surface area contributed by atoms with Crippen molar-refractivity contribution < 1.29 is 9.90 Å². The van der Waals surface area contributed by atoms with E-state index in [9.17, 15) is 9.90 Å². The maximum Gasteiger partial charge on any atom is 0.249 e. The second kappa shape index (κ2) is 5.62. The van der Waals surface area contributed by atoms with Crippen molar-refractivity contribution in [3.05, 3.63) is 21.9 Å². The van der Waals surface area contributed by atoms with Gasteiger partial charge in [0.1, 0.15) is 0 Å². The molecule has 1 fully saturated rings. The number of hydrogen-bond acceptors (Lipinski definition) is 4. The summed E-state index contributed by atoms with van der Waals surface area (Å²) in [5.74, 6) is -0.367. The lowest BCUT2D eigenvalue weighted by Crippen LogP contribution is -2.33. The van der Waals surface area contributed by atoms with Crippen LogP contribution in [0.15, 0.2) is 11.4 Å². The van der Waals surface area contributed by atoms with E-state index < -0.39 is 0 Å². The summed E-state index contributed by atoms with van der Waals surface area (Å²) in [6, 6.07) is 2.33. The summed E-state index contributed by atoms with van der Waals surface area (Å²) in [6.07, 6.45) is 3.70. The molecule has 0 aliphatic heterocycles. The Hall–Kier alpha value is -0.910. The van der Waals surface area contributed by atoms with Crippen LogP contribution in [0.4, 0.5) is 0 Å². The lowest BCUT2D eigenvalue weighted by molar-refractivity contribution is 0.100. The Morgan fingerprint density at radius 2 is 2.18 bits per heavy atom. The molecule has 0 radical (unpaired) electrons. The van der Waals surface area contributed by atoms with Crippen molar-refractivity contribution in [1.29, 1.82) is 0 Å². The minimum Gasteiger partial charge on any atom is -0.393 e. The highest BCUT2D eigenvalue weighted by Crippen LogP contribution is 2.20. The van der Waals surface area contributed by atoms with Gasteiger partial charge in [0.2, 0.25) is 5.91 Å². The van der Waals surface area contributed by atoms with E-state index in [1.165, 1.54) is 0 Å². The zero-order valence-corrected chi connectivity index (χ0v) is 10.5. The Morgan fingerprint density at radius 1 is 1.47 bits per heavy atom. The number of aliphatic hydroxyl groups excluding tert-OH is 1. The molecule has 1 aromatic rings. The third-order valence-corrected chi connectivity index (χ3v) is 4.14. The molecule has 0 spiro atoms. The molecule has 94 valence electrons. The second-order valence-corrected chi connectivity index (χ2v) is 5.55. The maximum absolute atomic E-state index is 10.9. The highest BCUT2D eigenvalue weighted by Gasteiger charge is 2.18. The SMILES string of the molecule is NC(=O)c1csc(CNC2CCC(O)CC2)c1. The maximum atomic E-state index is 10.9. The number of hydrogen-bond donors (Lipinski definition) is 3. The number of rotatable bonds is 4. The molecule has 0 saturated heterocycles. The van der Waals surface area contributed by atoms with E-state index in [2.05, 4.69) is 5.32 Å². The Labute approximate surface area is 105 Å². The standard InChI is InChI=1S/C12H18N2O2S/c13-12(16)8-5-11(17-7-8)6-14-9-1-3-10(15)4-2-9/h5,7,9-10,14-15H,1-4,6H2,(H2,13,16). The van der Waals surface area contributed by atoms with E-state index in [0.29, 0.717) is 11.6 Å². The monoisotopic (exact) mass is 254 g/mol. The van der Waals surface area contributed by atoms with Crippen LogP contribution in [0.5, 0.6) is 0 Å². The molecule has 5 heteroatoms. The molecular formula is C12H18N2O2S. The number of amides is 1. The Kier molecular flexibility index (Phi) is 4.15. The fraction of sp³-hybridized carbons (Fsp3) is 0.583. The van der Waals surface area contributed by atoms with Crippen LogP contribution < -0.4 is 11.1 Å². The minimum absolute atomic E-state index is 0.115. The van der Waals surface area contributed by atoms with Gasteiger partial charge >= 0.3 is 0 Å². The molecule has 0 bridgehead atoms. The number of carbonyl (C=O) groups is 1. The largest absolute Gasteiger partial charge is 0.393 e. The Balaban J connectivity index is 1.79. The molecule has 1 heterocycles. The molecule has 4 N–H and O–H groups in total. The van der Waals surface area contributed by atoms with Gasteiger partial charge < -0.3 is 16.2 Å². The molecule has 1 aliphatic carbocycles. The molecule has 17 heavy (non-hydrogen) atoms. The van der Waals surface area contributed by atoms with E-state index in [1.807, 2.05) is 6.07 Å². The molecule has 1 aliphatic rings. The second-order valence-electron chi connectivity index (χ2n) is 4.55. The van der Waals surface area contributed by atoms with Gasteiger partial charge in [-0.1, -0.05) is 0 Å². The van der Waals surface area contributed by atoms with E-state index >= 15 is 0 Å². The minimum atomic E-state index is -0.367. The molecule has 0 aromatic carbocycles. The molecule has 4 nitrogen and oxygen atoms in total. The number of primary amides is 1. The van der Waals surface area contributed by atoms with Crippen molar-refractivity contribution in [2.75, 3.05) is 0 Å². The van der Waals surface area contributed by atoms with Crippen LogP contribution in [0.1, 0.15) is 40.9 Å². The lowest BCUT2D eigenvalue weighted by atomic mass is 9.93. The van der Waals surface area contributed by atoms with Gasteiger partial charge in [-0.2, -0.15) is 0 Å². The van der Waals surface area contributed by atoms with Gasteiger partial charge in [-0.25, -0.2) is 0 Å². The van der Waals surface area contributed by atoms with Gasteiger partial charge in [0.15, 0.2) is 0 Å². The number of thiophene rings is 1. The quantitative estimate of drug-likeness (QED) is 0.756. The average Bonchev–Trinajstić information content (AvgIpc) is 2.77. The summed E-state index contributed by atoms with van der Waals surface area (Å²) >= 11 is 1.55. The van der Waals surface area contributed by atoms with Crippen molar-refractivity contribution in [2.24, 2.45) is 5.73 Å². The van der Waals surface area contributed by atoms with Gasteiger partial charge in [-0.15, -0.1) is 11.3 Å². The van der Waals surface area contributed by atoms with Crippen LogP contribution in [0.3, 0.4) is 0 Å². The van der Waals surface area contributed by atoms with E-state index in [4.69, 9.17) is 5.73 Å². The van der Waals surface area contributed by atoms with Gasteiger partial charge in [-0.05, 0) is 31.7 Å². The summed E-state index contributed by atoms with van der Waals surface area (Å²) in [5, 5.41) is 14.7. The summed E-state index contributed by atoms with van der Waals surface area (Å²) in [6.45, 7) is 0.776. The molecule has 0 unspecified atom stereocenters. The number of aliphatic hydroxyl groups is 1. The highest BCUT2D eigenvalue weighted by molar-refractivity contribution is 7.10. The topological polar surface area (TPSA) is 75.4 Å². The third kappa shape index (κ3) is 3.52. The zero-order valence-electron chi connectivity index (χ0n) is 9.69. The molecule has 2 rings (SSSR count). The van der Waals surface area contributed by atoms with Crippen LogP contribution in [0, 0.1) is 0 Å². The van der Waals surface area contributed by atoms with Crippen molar-refractivity contribution in [1.82, 2.24) is 5.32 Å². The first-order chi connectivity index (χ1) is 8.15. The van der Waals surface area contributed by atoms with Gasteiger partial charge in [0.25, 0.3) is 0 Å². The van der Waals surface area contributed by atoms with Crippen molar-refractivity contribution in [3.8, 4) is 0 Å². The van der Waals surface area contributed by atoms with Gasteiger partial charge in [-0.3, -0.25) is 4.79 Å². The van der Waals surface area contributed by atoms with Gasteiger partial charge in [0.05, 0.1) is 11.7 Å². The zero-order chi connectivity index (χ0) is 12.3. The molecule has 1 saturated carbocycles. The summed E-state index contributed by atoms with van der Waals surface area (Å²) in [7, 11) is 0. The third-order valence-electron chi connectivity index (χ3n) is 3.20. The normalized spacial score (nSPS) is 24.8. The Morgan fingerprint density at radius 3 is 2.76 bits per heavy atom. The number of carbonyl (C=O) groups excluding carboxylic acids is 1. The molecular weight excluding hydrogens is 236 g/mol. The summed E-state index contributed by atoms with van der Waals surface area (Å²) < 4.78 is 0. The van der Waals surface area contributed by atoms with E-state index in [-0.39, 0.29) is 12.0 Å². The Bertz CT molecular complexity index is 384. The van der Waals surface area contributed by atoms with Crippen LogP contribution >= 0.6 is 11.3 Å².